The molecule has 1 aromatic heterocycles. The number of aromatic carboxylic acids is 1. The van der Waals surface area contributed by atoms with Crippen molar-refractivity contribution in [3.8, 4) is 5.75 Å². The van der Waals surface area contributed by atoms with Crippen LogP contribution in [0.15, 0.2) is 24.3 Å². The molecule has 0 aliphatic carbocycles. The Balaban J connectivity index is 2.09. The van der Waals surface area contributed by atoms with E-state index in [0.717, 1.165) is 6.42 Å². The highest BCUT2D eigenvalue weighted by molar-refractivity contribution is 5.86. The van der Waals surface area contributed by atoms with E-state index in [4.69, 9.17) is 9.84 Å². The minimum absolute atomic E-state index is 0.0762. The third-order valence-corrected chi connectivity index (χ3v) is 2.85. The predicted octanol–water partition coefficient (Wildman–Crippen LogP) is 1.65. The van der Waals surface area contributed by atoms with Gasteiger partial charge in [0.25, 0.3) is 0 Å². The van der Waals surface area contributed by atoms with Gasteiger partial charge >= 0.3 is 5.97 Å². The third kappa shape index (κ3) is 2.90. The van der Waals surface area contributed by atoms with E-state index in [1.807, 2.05) is 24.3 Å². The molecule has 0 amide bonds. The second-order valence-corrected chi connectivity index (χ2v) is 4.10. The van der Waals surface area contributed by atoms with E-state index < -0.39 is 5.97 Å². The average molecular weight is 261 g/mol. The van der Waals surface area contributed by atoms with E-state index in [1.165, 1.54) is 10.2 Å². The van der Waals surface area contributed by atoms with Crippen LogP contribution in [0, 0.1) is 0 Å². The van der Waals surface area contributed by atoms with Crippen LogP contribution in [-0.2, 0) is 20.1 Å². The summed E-state index contributed by atoms with van der Waals surface area (Å²) in [5.41, 5.74) is 1.58. The molecule has 0 bridgehead atoms. The highest BCUT2D eigenvalue weighted by Crippen LogP contribution is 2.15. The maximum Gasteiger partial charge on any atom is 0.358 e. The zero-order valence-corrected chi connectivity index (χ0v) is 10.8. The molecule has 1 aromatic carbocycles. The SMILES string of the molecule is CCc1ccc(OCc2c(C(=O)O)nnn2C)cc1. The van der Waals surface area contributed by atoms with Crippen LogP contribution >= 0.6 is 0 Å². The molecule has 2 aromatic rings. The fourth-order valence-corrected chi connectivity index (χ4v) is 1.68. The molecule has 6 heteroatoms. The fraction of sp³-hybridized carbons (Fsp3) is 0.308. The van der Waals surface area contributed by atoms with Gasteiger partial charge in [0, 0.05) is 7.05 Å². The third-order valence-electron chi connectivity index (χ3n) is 2.85. The first-order chi connectivity index (χ1) is 9.11. The molecule has 19 heavy (non-hydrogen) atoms. The number of aryl methyl sites for hydroxylation is 2. The van der Waals surface area contributed by atoms with Crippen LogP contribution < -0.4 is 4.74 Å². The quantitative estimate of drug-likeness (QED) is 0.885. The van der Waals surface area contributed by atoms with Gasteiger partial charge in [-0.05, 0) is 24.1 Å². The van der Waals surface area contributed by atoms with E-state index in [1.54, 1.807) is 7.05 Å². The minimum Gasteiger partial charge on any atom is -0.487 e. The number of hydrogen-bond acceptors (Lipinski definition) is 4. The Morgan fingerprint density at radius 2 is 2.05 bits per heavy atom. The minimum atomic E-state index is -1.10. The first-order valence-electron chi connectivity index (χ1n) is 5.95. The summed E-state index contributed by atoms with van der Waals surface area (Å²) >= 11 is 0. The van der Waals surface area contributed by atoms with Crippen molar-refractivity contribution in [2.45, 2.75) is 20.0 Å². The topological polar surface area (TPSA) is 77.2 Å². The molecule has 0 aliphatic heterocycles. The van der Waals surface area contributed by atoms with Crippen LogP contribution in [0.4, 0.5) is 0 Å². The molecule has 0 radical (unpaired) electrons. The summed E-state index contributed by atoms with van der Waals surface area (Å²) in [5.74, 6) is -0.414. The van der Waals surface area contributed by atoms with Gasteiger partial charge in [0.1, 0.15) is 18.1 Å². The maximum atomic E-state index is 11.0. The van der Waals surface area contributed by atoms with Crippen LogP contribution in [0.25, 0.3) is 0 Å². The number of rotatable bonds is 5. The van der Waals surface area contributed by atoms with Gasteiger partial charge in [0.05, 0.1) is 0 Å². The van der Waals surface area contributed by atoms with Crippen molar-refractivity contribution >= 4 is 5.97 Å². The molecule has 100 valence electrons. The summed E-state index contributed by atoms with van der Waals surface area (Å²) in [7, 11) is 1.64. The Bertz CT molecular complexity index is 575. The van der Waals surface area contributed by atoms with Gasteiger partial charge in [-0.15, -0.1) is 5.10 Å². The maximum absolute atomic E-state index is 11.0. The Morgan fingerprint density at radius 3 is 2.63 bits per heavy atom. The first-order valence-corrected chi connectivity index (χ1v) is 5.95. The second-order valence-electron chi connectivity index (χ2n) is 4.10. The van der Waals surface area contributed by atoms with Crippen molar-refractivity contribution in [2.75, 3.05) is 0 Å². The lowest BCUT2D eigenvalue weighted by atomic mass is 10.2. The van der Waals surface area contributed by atoms with Gasteiger partial charge < -0.3 is 9.84 Å². The monoisotopic (exact) mass is 261 g/mol. The van der Waals surface area contributed by atoms with Crippen molar-refractivity contribution < 1.29 is 14.6 Å². The second kappa shape index (κ2) is 5.51. The molecule has 0 spiro atoms. The van der Waals surface area contributed by atoms with Crippen molar-refractivity contribution in [3.63, 3.8) is 0 Å². The number of hydrogen-bond donors (Lipinski definition) is 1. The van der Waals surface area contributed by atoms with Crippen molar-refractivity contribution in [1.82, 2.24) is 15.0 Å². The Kier molecular flexibility index (Phi) is 3.79. The number of carbonyl (C=O) groups is 1. The molecule has 0 saturated heterocycles. The first kappa shape index (κ1) is 13.1. The number of aromatic nitrogens is 3. The van der Waals surface area contributed by atoms with Gasteiger partial charge in [0.2, 0.25) is 0 Å². The lowest BCUT2D eigenvalue weighted by Crippen LogP contribution is -2.08. The lowest BCUT2D eigenvalue weighted by Gasteiger charge is -2.07. The van der Waals surface area contributed by atoms with Gasteiger partial charge in [-0.3, -0.25) is 0 Å². The van der Waals surface area contributed by atoms with Crippen LogP contribution in [0.5, 0.6) is 5.75 Å². The van der Waals surface area contributed by atoms with E-state index in [-0.39, 0.29) is 12.3 Å². The zero-order chi connectivity index (χ0) is 13.8. The van der Waals surface area contributed by atoms with E-state index in [2.05, 4.69) is 17.2 Å². The molecular weight excluding hydrogens is 246 g/mol. The molecule has 2 rings (SSSR count). The summed E-state index contributed by atoms with van der Waals surface area (Å²) in [6, 6.07) is 7.69. The van der Waals surface area contributed by atoms with Gasteiger partial charge in [-0.25, -0.2) is 9.48 Å². The van der Waals surface area contributed by atoms with E-state index in [0.29, 0.717) is 11.4 Å². The van der Waals surface area contributed by atoms with Crippen LogP contribution in [0.2, 0.25) is 0 Å². The lowest BCUT2D eigenvalue weighted by molar-refractivity contribution is 0.0687. The number of ether oxygens (including phenoxy) is 1. The number of nitrogens with zero attached hydrogens (tertiary/aromatic N) is 3. The molecule has 0 saturated carbocycles. The van der Waals surface area contributed by atoms with Gasteiger partial charge in [-0.1, -0.05) is 24.3 Å². The Labute approximate surface area is 110 Å². The molecule has 1 N–H and O–H groups in total. The smallest absolute Gasteiger partial charge is 0.358 e. The number of carboxylic acid groups (broad SMARTS) is 1. The van der Waals surface area contributed by atoms with E-state index >= 15 is 0 Å². The zero-order valence-electron chi connectivity index (χ0n) is 10.8. The van der Waals surface area contributed by atoms with Gasteiger partial charge in [0.15, 0.2) is 5.69 Å². The highest BCUT2D eigenvalue weighted by Gasteiger charge is 2.17. The molecule has 0 aliphatic rings. The number of benzene rings is 1. The molecule has 6 nitrogen and oxygen atoms in total. The Morgan fingerprint density at radius 1 is 1.37 bits per heavy atom. The summed E-state index contributed by atoms with van der Waals surface area (Å²) in [6.45, 7) is 2.20. The summed E-state index contributed by atoms with van der Waals surface area (Å²) in [4.78, 5) is 11.0. The Hall–Kier alpha value is -2.37. The van der Waals surface area contributed by atoms with Crippen LogP contribution in [0.3, 0.4) is 0 Å². The van der Waals surface area contributed by atoms with Crippen LogP contribution in [0.1, 0.15) is 28.7 Å². The van der Waals surface area contributed by atoms with Crippen molar-refractivity contribution in [1.29, 1.82) is 0 Å². The summed E-state index contributed by atoms with van der Waals surface area (Å²) in [5, 5.41) is 16.2. The van der Waals surface area contributed by atoms with Crippen LogP contribution in [-0.4, -0.2) is 26.1 Å². The molecular formula is C13H15N3O3. The largest absolute Gasteiger partial charge is 0.487 e. The molecule has 0 fully saturated rings. The highest BCUT2D eigenvalue weighted by atomic mass is 16.5. The average Bonchev–Trinajstić information content (AvgIpc) is 2.78. The predicted molar refractivity (Wildman–Crippen MR) is 68.1 cm³/mol. The molecule has 0 unspecified atom stereocenters. The van der Waals surface area contributed by atoms with E-state index in [9.17, 15) is 4.79 Å². The number of carboxylic acids is 1. The summed E-state index contributed by atoms with van der Waals surface area (Å²) in [6.07, 6.45) is 0.967. The van der Waals surface area contributed by atoms with Gasteiger partial charge in [-0.2, -0.15) is 0 Å². The normalized spacial score (nSPS) is 10.4. The van der Waals surface area contributed by atoms with Crippen molar-refractivity contribution in [3.05, 3.63) is 41.2 Å². The molecule has 1 heterocycles. The fourth-order valence-electron chi connectivity index (χ4n) is 1.68. The molecule has 0 atom stereocenters. The standard InChI is InChI=1S/C13H15N3O3/c1-3-9-4-6-10(7-5-9)19-8-11-12(13(17)18)14-15-16(11)2/h4-7H,3,8H2,1-2H3,(H,17,18). The van der Waals surface area contributed by atoms with Crippen molar-refractivity contribution in [2.24, 2.45) is 7.05 Å². The summed E-state index contributed by atoms with van der Waals surface area (Å²) < 4.78 is 6.96.